The normalized spacial score (nSPS) is 17.4. The van der Waals surface area contributed by atoms with Gasteiger partial charge in [0.2, 0.25) is 0 Å². The van der Waals surface area contributed by atoms with Crippen LogP contribution in [0.15, 0.2) is 42.5 Å². The molecule has 0 saturated carbocycles. The molecule has 2 aliphatic rings. The molecule has 1 aliphatic heterocycles. The van der Waals surface area contributed by atoms with Crippen molar-refractivity contribution in [3.05, 3.63) is 70.5 Å². The Labute approximate surface area is 177 Å². The van der Waals surface area contributed by atoms with Crippen LogP contribution in [0, 0.1) is 11.2 Å². The van der Waals surface area contributed by atoms with E-state index in [4.69, 9.17) is 0 Å². The zero-order valence-electron chi connectivity index (χ0n) is 17.7. The number of hydrogen-bond donors (Lipinski definition) is 2. The van der Waals surface area contributed by atoms with Crippen molar-refractivity contribution >= 4 is 11.5 Å². The third kappa shape index (κ3) is 3.74. The van der Waals surface area contributed by atoms with Gasteiger partial charge >= 0.3 is 0 Å². The van der Waals surface area contributed by atoms with Gasteiger partial charge < -0.3 is 15.3 Å². The molecule has 0 bridgehead atoms. The van der Waals surface area contributed by atoms with Crippen molar-refractivity contribution in [2.75, 3.05) is 26.2 Å². The van der Waals surface area contributed by atoms with Gasteiger partial charge in [0.05, 0.1) is 0 Å². The largest absolute Gasteiger partial charge is 0.507 e. The molecule has 1 aliphatic carbocycles. The van der Waals surface area contributed by atoms with Crippen molar-refractivity contribution < 1.29 is 14.3 Å². The Balaban J connectivity index is 1.79. The van der Waals surface area contributed by atoms with Crippen LogP contribution in [-0.4, -0.2) is 42.1 Å². The van der Waals surface area contributed by atoms with Crippen molar-refractivity contribution in [1.29, 1.82) is 0 Å². The second-order valence-corrected chi connectivity index (χ2v) is 8.36. The quantitative estimate of drug-likeness (QED) is 0.790. The lowest BCUT2D eigenvalue weighted by atomic mass is 9.67. The molecule has 0 aromatic heterocycles. The minimum Gasteiger partial charge on any atom is -0.507 e. The van der Waals surface area contributed by atoms with E-state index in [1.807, 2.05) is 19.9 Å². The van der Waals surface area contributed by atoms with E-state index in [9.17, 15) is 14.3 Å². The molecule has 1 spiro atoms. The molecule has 0 unspecified atom stereocenters. The average Bonchev–Trinajstić information content (AvgIpc) is 2.75. The molecule has 4 nitrogen and oxygen atoms in total. The summed E-state index contributed by atoms with van der Waals surface area (Å²) in [5.74, 6) is -0.324. The first-order valence-corrected chi connectivity index (χ1v) is 10.8. The summed E-state index contributed by atoms with van der Waals surface area (Å²) in [5, 5.41) is 14.3. The maximum Gasteiger partial charge on any atom is 0.253 e. The molecular formula is C25H29FN2O2. The summed E-state index contributed by atoms with van der Waals surface area (Å²) in [6.45, 7) is 7.00. The molecule has 2 aromatic rings. The first kappa shape index (κ1) is 20.6. The third-order valence-electron chi connectivity index (χ3n) is 6.54. The molecule has 1 fully saturated rings. The Morgan fingerprint density at radius 1 is 1.10 bits per heavy atom. The smallest absolute Gasteiger partial charge is 0.253 e. The molecule has 158 valence electrons. The number of phenolic OH excluding ortho intramolecular Hbond substituents is 1. The fraction of sp³-hybridized carbons (Fsp3) is 0.400. The van der Waals surface area contributed by atoms with Gasteiger partial charge in [-0.05, 0) is 98.6 Å². The molecule has 2 aromatic carbocycles. The van der Waals surface area contributed by atoms with Crippen molar-refractivity contribution in [3.63, 3.8) is 0 Å². The van der Waals surface area contributed by atoms with E-state index in [1.54, 1.807) is 29.2 Å². The van der Waals surface area contributed by atoms with E-state index < -0.39 is 0 Å². The number of amides is 1. The fourth-order valence-electron chi connectivity index (χ4n) is 4.82. The summed E-state index contributed by atoms with van der Waals surface area (Å²) in [6.07, 6.45) is 5.13. The second kappa shape index (κ2) is 8.23. The predicted octanol–water partition coefficient (Wildman–Crippen LogP) is 4.37. The minimum atomic E-state index is -0.284. The van der Waals surface area contributed by atoms with Gasteiger partial charge in [0.25, 0.3) is 5.91 Å². The molecule has 2 N–H and O–H groups in total. The monoisotopic (exact) mass is 408 g/mol. The zero-order valence-corrected chi connectivity index (χ0v) is 17.7. The number of nitrogens with one attached hydrogen (secondary N) is 1. The van der Waals surface area contributed by atoms with Crippen LogP contribution in [0.25, 0.3) is 5.57 Å². The highest BCUT2D eigenvalue weighted by Crippen LogP contribution is 2.46. The Kier molecular flexibility index (Phi) is 5.65. The van der Waals surface area contributed by atoms with E-state index in [2.05, 4.69) is 11.4 Å². The lowest BCUT2D eigenvalue weighted by molar-refractivity contribution is 0.0772. The third-order valence-corrected chi connectivity index (χ3v) is 6.54. The molecule has 4 rings (SSSR count). The summed E-state index contributed by atoms with van der Waals surface area (Å²) in [4.78, 5) is 14.4. The molecule has 0 atom stereocenters. The van der Waals surface area contributed by atoms with Crippen LogP contribution in [-0.2, 0) is 6.42 Å². The number of halogens is 1. The summed E-state index contributed by atoms with van der Waals surface area (Å²) in [5.41, 5.74) is 3.92. The summed E-state index contributed by atoms with van der Waals surface area (Å²) in [6, 6.07) is 10.0. The molecule has 0 radical (unpaired) electrons. The Hall–Kier alpha value is -2.66. The number of fused-ring (bicyclic) bond motifs is 1. The Morgan fingerprint density at radius 2 is 1.83 bits per heavy atom. The number of piperidine rings is 1. The van der Waals surface area contributed by atoms with E-state index in [-0.39, 0.29) is 22.9 Å². The highest BCUT2D eigenvalue weighted by atomic mass is 19.1. The summed E-state index contributed by atoms with van der Waals surface area (Å²) >= 11 is 0. The van der Waals surface area contributed by atoms with Crippen LogP contribution in [0.1, 0.15) is 53.7 Å². The van der Waals surface area contributed by atoms with Crippen LogP contribution in [0.5, 0.6) is 5.75 Å². The number of nitrogens with zero attached hydrogens (tertiary/aromatic N) is 1. The number of hydrogen-bond acceptors (Lipinski definition) is 3. The lowest BCUT2D eigenvalue weighted by Gasteiger charge is -2.40. The first-order chi connectivity index (χ1) is 14.5. The van der Waals surface area contributed by atoms with Gasteiger partial charge in [-0.15, -0.1) is 0 Å². The fourth-order valence-corrected chi connectivity index (χ4v) is 4.82. The van der Waals surface area contributed by atoms with Crippen molar-refractivity contribution in [1.82, 2.24) is 10.2 Å². The highest BCUT2D eigenvalue weighted by Gasteiger charge is 2.36. The minimum absolute atomic E-state index is 0.00750. The van der Waals surface area contributed by atoms with Gasteiger partial charge in [0, 0.05) is 24.2 Å². The first-order valence-electron chi connectivity index (χ1n) is 10.8. The molecular weight excluding hydrogens is 379 g/mol. The number of rotatable bonds is 4. The standard InChI is InChI=1S/C25H29FN2O2/c1-3-28(4-2)24(30)17-6-8-20(23(29)13-17)22-16-25(9-11-27-12-10-25)15-18-5-7-19(26)14-21(18)22/h5-8,13-14,16,27,29H,3-4,9-12,15H2,1-2H3. The maximum atomic E-state index is 14.1. The number of allylic oxidation sites excluding steroid dienone is 1. The van der Waals surface area contributed by atoms with Gasteiger partial charge in [0.15, 0.2) is 0 Å². The van der Waals surface area contributed by atoms with Gasteiger partial charge in [-0.2, -0.15) is 0 Å². The molecule has 1 heterocycles. The Morgan fingerprint density at radius 3 is 2.50 bits per heavy atom. The van der Waals surface area contributed by atoms with Crippen molar-refractivity contribution in [3.8, 4) is 5.75 Å². The average molecular weight is 409 g/mol. The van der Waals surface area contributed by atoms with E-state index in [1.165, 1.54) is 6.07 Å². The number of phenols is 1. The summed E-state index contributed by atoms with van der Waals surface area (Å²) < 4.78 is 14.1. The van der Waals surface area contributed by atoms with Crippen molar-refractivity contribution in [2.24, 2.45) is 5.41 Å². The Bertz CT molecular complexity index is 989. The van der Waals surface area contributed by atoms with Gasteiger partial charge in [-0.25, -0.2) is 4.39 Å². The van der Waals surface area contributed by atoms with Gasteiger partial charge in [0.1, 0.15) is 11.6 Å². The topological polar surface area (TPSA) is 52.6 Å². The zero-order chi connectivity index (χ0) is 21.3. The van der Waals surface area contributed by atoms with E-state index >= 15 is 0 Å². The predicted molar refractivity (Wildman–Crippen MR) is 117 cm³/mol. The molecule has 5 heteroatoms. The van der Waals surface area contributed by atoms with Crippen LogP contribution in [0.2, 0.25) is 0 Å². The number of carbonyl (C=O) groups is 1. The van der Waals surface area contributed by atoms with Gasteiger partial charge in [-0.1, -0.05) is 12.1 Å². The number of carbonyl (C=O) groups excluding carboxylic acids is 1. The van der Waals surface area contributed by atoms with Crippen molar-refractivity contribution in [2.45, 2.75) is 33.1 Å². The van der Waals surface area contributed by atoms with Gasteiger partial charge in [-0.3, -0.25) is 4.79 Å². The van der Waals surface area contributed by atoms with Crippen LogP contribution >= 0.6 is 0 Å². The second-order valence-electron chi connectivity index (χ2n) is 8.36. The molecule has 30 heavy (non-hydrogen) atoms. The number of benzene rings is 2. The van der Waals surface area contributed by atoms with E-state index in [0.29, 0.717) is 24.2 Å². The summed E-state index contributed by atoms with van der Waals surface area (Å²) in [7, 11) is 0. The van der Waals surface area contributed by atoms with Crippen LogP contribution in [0.4, 0.5) is 4.39 Å². The lowest BCUT2D eigenvalue weighted by Crippen LogP contribution is -2.38. The molecule has 1 amide bonds. The number of aromatic hydroxyl groups is 1. The highest BCUT2D eigenvalue weighted by molar-refractivity contribution is 5.96. The van der Waals surface area contributed by atoms with Crippen LogP contribution < -0.4 is 5.32 Å². The SMILES string of the molecule is CCN(CC)C(=O)c1ccc(C2=CC3(CCNCC3)Cc3ccc(F)cc32)c(O)c1. The van der Waals surface area contributed by atoms with E-state index in [0.717, 1.165) is 49.1 Å². The van der Waals surface area contributed by atoms with Crippen LogP contribution in [0.3, 0.4) is 0 Å². The molecule has 1 saturated heterocycles. The maximum absolute atomic E-state index is 14.1.